The van der Waals surface area contributed by atoms with Crippen LogP contribution in [0.5, 0.6) is 0 Å². The minimum Gasteiger partial charge on any atom is -0.294 e. The molecule has 2 rings (SSSR count). The van der Waals surface area contributed by atoms with Crippen molar-refractivity contribution in [1.29, 1.82) is 0 Å². The van der Waals surface area contributed by atoms with Crippen LogP contribution >= 0.6 is 0 Å². The van der Waals surface area contributed by atoms with E-state index >= 15 is 0 Å². The molecule has 20 heavy (non-hydrogen) atoms. The third kappa shape index (κ3) is 3.16. The molecular weight excluding hydrogens is 244 g/mol. The normalized spacial score (nSPS) is 13.0. The summed E-state index contributed by atoms with van der Waals surface area (Å²) in [7, 11) is 0. The second-order valence-corrected chi connectivity index (χ2v) is 6.32. The van der Waals surface area contributed by atoms with Gasteiger partial charge in [0.15, 0.2) is 5.78 Å². The van der Waals surface area contributed by atoms with Crippen LogP contribution in [0.1, 0.15) is 55.1 Å². The van der Waals surface area contributed by atoms with Crippen molar-refractivity contribution in [2.24, 2.45) is 0 Å². The number of rotatable bonds is 3. The van der Waals surface area contributed by atoms with Gasteiger partial charge < -0.3 is 0 Å². The largest absolute Gasteiger partial charge is 0.294 e. The SMILES string of the molecule is CC(C(=O)c1ccccc1)c1ccc(C(C)(C)C)cc1. The van der Waals surface area contributed by atoms with E-state index in [4.69, 9.17) is 0 Å². The predicted octanol–water partition coefficient (Wildman–Crippen LogP) is 4.97. The number of benzene rings is 2. The summed E-state index contributed by atoms with van der Waals surface area (Å²) in [6, 6.07) is 17.9. The molecule has 1 nitrogen and oxygen atoms in total. The summed E-state index contributed by atoms with van der Waals surface area (Å²) in [5.74, 6) is 0.0699. The van der Waals surface area contributed by atoms with Crippen molar-refractivity contribution in [3.05, 3.63) is 71.3 Å². The van der Waals surface area contributed by atoms with Crippen LogP contribution in [0.2, 0.25) is 0 Å². The van der Waals surface area contributed by atoms with Crippen LogP contribution in [-0.4, -0.2) is 5.78 Å². The van der Waals surface area contributed by atoms with Crippen LogP contribution in [0.15, 0.2) is 54.6 Å². The Morgan fingerprint density at radius 3 is 1.95 bits per heavy atom. The van der Waals surface area contributed by atoms with Crippen molar-refractivity contribution in [3.63, 3.8) is 0 Å². The maximum atomic E-state index is 12.4. The Hall–Kier alpha value is -1.89. The topological polar surface area (TPSA) is 17.1 Å². The number of hydrogen-bond acceptors (Lipinski definition) is 1. The molecule has 0 radical (unpaired) electrons. The zero-order valence-electron chi connectivity index (χ0n) is 12.7. The molecule has 1 unspecified atom stereocenters. The van der Waals surface area contributed by atoms with E-state index < -0.39 is 0 Å². The molecule has 0 aromatic heterocycles. The Bertz CT molecular complexity index is 573. The first-order chi connectivity index (χ1) is 9.39. The second-order valence-electron chi connectivity index (χ2n) is 6.32. The maximum Gasteiger partial charge on any atom is 0.170 e. The van der Waals surface area contributed by atoms with Gasteiger partial charge in [-0.1, -0.05) is 82.3 Å². The van der Waals surface area contributed by atoms with E-state index in [0.717, 1.165) is 11.1 Å². The summed E-state index contributed by atoms with van der Waals surface area (Å²) < 4.78 is 0. The maximum absolute atomic E-state index is 12.4. The number of hydrogen-bond donors (Lipinski definition) is 0. The lowest BCUT2D eigenvalue weighted by Gasteiger charge is -2.20. The number of carbonyl (C=O) groups is 1. The van der Waals surface area contributed by atoms with Crippen LogP contribution in [0, 0.1) is 0 Å². The monoisotopic (exact) mass is 266 g/mol. The summed E-state index contributed by atoms with van der Waals surface area (Å²) in [6.07, 6.45) is 0. The molecule has 2 aromatic rings. The van der Waals surface area contributed by atoms with Gasteiger partial charge in [-0.15, -0.1) is 0 Å². The van der Waals surface area contributed by atoms with Gasteiger partial charge in [-0.3, -0.25) is 4.79 Å². The van der Waals surface area contributed by atoms with Gasteiger partial charge in [-0.25, -0.2) is 0 Å². The lowest BCUT2D eigenvalue weighted by atomic mass is 9.85. The van der Waals surface area contributed by atoms with Crippen LogP contribution in [-0.2, 0) is 5.41 Å². The van der Waals surface area contributed by atoms with Crippen LogP contribution in [0.25, 0.3) is 0 Å². The van der Waals surface area contributed by atoms with Gasteiger partial charge >= 0.3 is 0 Å². The van der Waals surface area contributed by atoms with Crippen molar-refractivity contribution < 1.29 is 4.79 Å². The first-order valence-corrected chi connectivity index (χ1v) is 7.09. The highest BCUT2D eigenvalue weighted by atomic mass is 16.1. The fourth-order valence-corrected chi connectivity index (χ4v) is 2.28. The highest BCUT2D eigenvalue weighted by molar-refractivity contribution is 6.00. The zero-order chi connectivity index (χ0) is 14.8. The highest BCUT2D eigenvalue weighted by Gasteiger charge is 2.18. The van der Waals surface area contributed by atoms with Crippen molar-refractivity contribution >= 4 is 5.78 Å². The molecule has 0 bridgehead atoms. The Labute approximate surface area is 121 Å². The van der Waals surface area contributed by atoms with E-state index in [0.29, 0.717) is 0 Å². The van der Waals surface area contributed by atoms with Crippen LogP contribution in [0.4, 0.5) is 0 Å². The minimum atomic E-state index is -0.105. The van der Waals surface area contributed by atoms with Crippen LogP contribution in [0.3, 0.4) is 0 Å². The Kier molecular flexibility index (Phi) is 4.08. The van der Waals surface area contributed by atoms with Gasteiger partial charge in [0.1, 0.15) is 0 Å². The lowest BCUT2D eigenvalue weighted by Crippen LogP contribution is -2.12. The lowest BCUT2D eigenvalue weighted by molar-refractivity contribution is 0.0966. The zero-order valence-corrected chi connectivity index (χ0v) is 12.7. The molecule has 0 spiro atoms. The number of carbonyl (C=O) groups excluding carboxylic acids is 1. The summed E-state index contributed by atoms with van der Waals surface area (Å²) in [4.78, 5) is 12.4. The molecule has 0 amide bonds. The summed E-state index contributed by atoms with van der Waals surface area (Å²) in [6.45, 7) is 8.56. The number of ketones is 1. The molecular formula is C19H22O. The van der Waals surface area contributed by atoms with Crippen molar-refractivity contribution in [3.8, 4) is 0 Å². The van der Waals surface area contributed by atoms with Gasteiger partial charge in [-0.05, 0) is 16.5 Å². The van der Waals surface area contributed by atoms with Gasteiger partial charge in [-0.2, -0.15) is 0 Å². The van der Waals surface area contributed by atoms with Crippen LogP contribution < -0.4 is 0 Å². The molecule has 0 heterocycles. The smallest absolute Gasteiger partial charge is 0.170 e. The summed E-state index contributed by atoms with van der Waals surface area (Å²) >= 11 is 0. The van der Waals surface area contributed by atoms with Crippen molar-refractivity contribution in [2.45, 2.75) is 39.0 Å². The third-order valence-electron chi connectivity index (χ3n) is 3.73. The van der Waals surface area contributed by atoms with Gasteiger partial charge in [0, 0.05) is 11.5 Å². The molecule has 1 heteroatoms. The fourth-order valence-electron chi connectivity index (χ4n) is 2.28. The molecule has 1 atom stereocenters. The first-order valence-electron chi connectivity index (χ1n) is 7.09. The van der Waals surface area contributed by atoms with E-state index in [1.165, 1.54) is 5.56 Å². The van der Waals surface area contributed by atoms with Crippen molar-refractivity contribution in [1.82, 2.24) is 0 Å². The molecule has 0 aliphatic carbocycles. The molecule has 104 valence electrons. The van der Waals surface area contributed by atoms with Crippen molar-refractivity contribution in [2.75, 3.05) is 0 Å². The standard InChI is InChI=1S/C19H22O/c1-14(18(20)16-8-6-5-7-9-16)15-10-12-17(13-11-15)19(2,3)4/h5-14H,1-4H3. The molecule has 0 saturated carbocycles. The van der Waals surface area contributed by atoms with E-state index in [9.17, 15) is 4.79 Å². The average Bonchev–Trinajstić information content (AvgIpc) is 2.46. The molecule has 0 saturated heterocycles. The second kappa shape index (κ2) is 5.62. The molecule has 2 aromatic carbocycles. The van der Waals surface area contributed by atoms with Gasteiger partial charge in [0.25, 0.3) is 0 Å². The van der Waals surface area contributed by atoms with Gasteiger partial charge in [0.2, 0.25) is 0 Å². The Balaban J connectivity index is 2.22. The summed E-state index contributed by atoms with van der Waals surface area (Å²) in [5.41, 5.74) is 3.29. The first kappa shape index (κ1) is 14.5. The summed E-state index contributed by atoms with van der Waals surface area (Å²) in [5, 5.41) is 0. The Morgan fingerprint density at radius 1 is 0.900 bits per heavy atom. The molecule has 0 fully saturated rings. The highest BCUT2D eigenvalue weighted by Crippen LogP contribution is 2.26. The van der Waals surface area contributed by atoms with Gasteiger partial charge in [0.05, 0.1) is 0 Å². The Morgan fingerprint density at radius 2 is 1.45 bits per heavy atom. The predicted molar refractivity (Wildman–Crippen MR) is 84.3 cm³/mol. The number of Topliss-reactive ketones (excluding diaryl/α,β-unsaturated/α-hetero) is 1. The third-order valence-corrected chi connectivity index (χ3v) is 3.73. The fraction of sp³-hybridized carbons (Fsp3) is 0.316. The molecule has 0 aliphatic rings. The van der Waals surface area contributed by atoms with E-state index in [1.807, 2.05) is 37.3 Å². The molecule has 0 aliphatic heterocycles. The average molecular weight is 266 g/mol. The van der Waals surface area contributed by atoms with E-state index in [-0.39, 0.29) is 17.1 Å². The van der Waals surface area contributed by atoms with E-state index in [2.05, 4.69) is 45.0 Å². The van der Waals surface area contributed by atoms with E-state index in [1.54, 1.807) is 0 Å². The quantitative estimate of drug-likeness (QED) is 0.717. The molecule has 0 N–H and O–H groups in total. The minimum absolute atomic E-state index is 0.105.